The van der Waals surface area contributed by atoms with Crippen LogP contribution < -0.4 is 9.47 Å². The Hall–Kier alpha value is -3.02. The van der Waals surface area contributed by atoms with Crippen molar-refractivity contribution in [2.24, 2.45) is 11.3 Å². The van der Waals surface area contributed by atoms with Crippen molar-refractivity contribution in [2.45, 2.75) is 66.2 Å². The Morgan fingerprint density at radius 1 is 0.970 bits per heavy atom. The fourth-order valence-corrected chi connectivity index (χ4v) is 4.10. The molecule has 1 aromatic carbocycles. The summed E-state index contributed by atoms with van der Waals surface area (Å²) in [6.07, 6.45) is 2.94. The first-order valence-corrected chi connectivity index (χ1v) is 11.3. The van der Waals surface area contributed by atoms with Crippen LogP contribution in [0.1, 0.15) is 66.4 Å². The van der Waals surface area contributed by atoms with E-state index >= 15 is 0 Å². The highest BCUT2D eigenvalue weighted by Gasteiger charge is 2.32. The van der Waals surface area contributed by atoms with Crippen LogP contribution in [0.2, 0.25) is 0 Å². The summed E-state index contributed by atoms with van der Waals surface area (Å²) < 4.78 is 10.8. The summed E-state index contributed by atoms with van der Waals surface area (Å²) >= 11 is 0. The Morgan fingerprint density at radius 3 is 2.18 bits per heavy atom. The van der Waals surface area contributed by atoms with E-state index in [9.17, 15) is 14.4 Å². The third-order valence-corrected chi connectivity index (χ3v) is 5.25. The lowest BCUT2D eigenvalue weighted by Crippen LogP contribution is -2.34. The van der Waals surface area contributed by atoms with Crippen LogP contribution in [0.3, 0.4) is 0 Å². The van der Waals surface area contributed by atoms with Crippen LogP contribution >= 0.6 is 0 Å². The highest BCUT2D eigenvalue weighted by Crippen LogP contribution is 2.36. The molecule has 0 saturated carbocycles. The molecule has 0 fully saturated rings. The molecule has 178 valence electrons. The van der Waals surface area contributed by atoms with Crippen LogP contribution in [-0.4, -0.2) is 29.1 Å². The summed E-state index contributed by atoms with van der Waals surface area (Å²) in [5, 5.41) is 0. The number of pyridine rings is 1. The highest BCUT2D eigenvalue weighted by molar-refractivity contribution is 6.16. The van der Waals surface area contributed by atoms with Crippen LogP contribution in [0, 0.1) is 11.3 Å². The molecule has 6 nitrogen and oxygen atoms in total. The van der Waals surface area contributed by atoms with Crippen LogP contribution in [0.5, 0.6) is 11.6 Å². The van der Waals surface area contributed by atoms with Crippen molar-refractivity contribution in [3.63, 3.8) is 0 Å². The zero-order valence-corrected chi connectivity index (χ0v) is 20.5. The second kappa shape index (κ2) is 11.2. The minimum atomic E-state index is -1.45. The van der Waals surface area contributed by atoms with Gasteiger partial charge in [-0.05, 0) is 54.4 Å². The number of carbonyl (C=O) groups excluding carboxylic acids is 3. The topological polar surface area (TPSA) is 82.6 Å². The summed E-state index contributed by atoms with van der Waals surface area (Å²) in [5.74, 6) is -2.60. The zero-order valence-electron chi connectivity index (χ0n) is 20.5. The van der Waals surface area contributed by atoms with E-state index in [-0.39, 0.29) is 23.1 Å². The number of ketones is 2. The molecule has 0 bridgehead atoms. The van der Waals surface area contributed by atoms with Crippen molar-refractivity contribution in [2.75, 3.05) is 6.61 Å². The van der Waals surface area contributed by atoms with Crippen LogP contribution in [0.4, 0.5) is 0 Å². The Morgan fingerprint density at radius 2 is 1.64 bits per heavy atom. The average Bonchev–Trinajstić information content (AvgIpc) is 2.70. The lowest BCUT2D eigenvalue weighted by atomic mass is 9.72. The van der Waals surface area contributed by atoms with Crippen molar-refractivity contribution < 1.29 is 23.9 Å². The van der Waals surface area contributed by atoms with E-state index in [0.29, 0.717) is 13.0 Å². The van der Waals surface area contributed by atoms with Gasteiger partial charge in [-0.2, -0.15) is 0 Å². The normalized spacial score (nSPS) is 12.7. The van der Waals surface area contributed by atoms with Crippen molar-refractivity contribution in [1.82, 2.24) is 4.98 Å². The maximum absolute atomic E-state index is 12.5. The number of esters is 1. The molecule has 0 radical (unpaired) electrons. The molecule has 0 aliphatic heterocycles. The van der Waals surface area contributed by atoms with Gasteiger partial charge in [0.25, 0.3) is 0 Å². The Labute approximate surface area is 196 Å². The fourth-order valence-electron chi connectivity index (χ4n) is 4.10. The van der Waals surface area contributed by atoms with Crippen molar-refractivity contribution in [3.8, 4) is 11.6 Å². The van der Waals surface area contributed by atoms with E-state index in [1.807, 2.05) is 12.1 Å². The van der Waals surface area contributed by atoms with Gasteiger partial charge in [-0.1, -0.05) is 52.8 Å². The lowest BCUT2D eigenvalue weighted by molar-refractivity contribution is -0.148. The monoisotopic (exact) mass is 453 g/mol. The molecule has 0 amide bonds. The van der Waals surface area contributed by atoms with Gasteiger partial charge in [0.2, 0.25) is 5.88 Å². The number of ether oxygens (including phenoxy) is 2. The van der Waals surface area contributed by atoms with E-state index < -0.39 is 23.5 Å². The molecule has 33 heavy (non-hydrogen) atoms. The molecule has 1 aromatic heterocycles. The van der Waals surface area contributed by atoms with Gasteiger partial charge in [-0.3, -0.25) is 14.4 Å². The second-order valence-corrected chi connectivity index (χ2v) is 10.2. The van der Waals surface area contributed by atoms with E-state index in [1.54, 1.807) is 12.1 Å². The van der Waals surface area contributed by atoms with Crippen LogP contribution in [0.25, 0.3) is 0 Å². The molecular formula is C27H35NO5. The smallest absolute Gasteiger partial charge is 0.330 e. The molecule has 0 saturated heterocycles. The van der Waals surface area contributed by atoms with Gasteiger partial charge in [0.15, 0.2) is 17.5 Å². The molecule has 2 rings (SSSR count). The highest BCUT2D eigenvalue weighted by atomic mass is 16.5. The molecule has 1 unspecified atom stereocenters. The second-order valence-electron chi connectivity index (χ2n) is 10.2. The first kappa shape index (κ1) is 26.2. The molecule has 0 spiro atoms. The number of hydrogen-bond donors (Lipinski definition) is 0. The summed E-state index contributed by atoms with van der Waals surface area (Å²) in [5.41, 5.74) is 1.53. The van der Waals surface area contributed by atoms with E-state index in [4.69, 9.17) is 9.47 Å². The van der Waals surface area contributed by atoms with Crippen LogP contribution in [0.15, 0.2) is 48.7 Å². The quantitative estimate of drug-likeness (QED) is 0.260. The summed E-state index contributed by atoms with van der Waals surface area (Å²) in [6.45, 7) is 12.7. The molecule has 0 N–H and O–H groups in total. The summed E-state index contributed by atoms with van der Waals surface area (Å²) in [7, 11) is 0. The minimum absolute atomic E-state index is 0.0399. The standard InChI is InChI=1S/C27H35NO5/c1-19(29)24(25(31)33-23-11-7-8-16-28-23)22(30)10-9-17-32-21-14-12-20(13-15-21)27(5,6)18-26(2,3)4/h7-8,11-16,24H,9-10,17-18H2,1-6H3. The summed E-state index contributed by atoms with van der Waals surface area (Å²) in [6, 6.07) is 12.8. The van der Waals surface area contributed by atoms with Gasteiger partial charge in [-0.25, -0.2) is 4.98 Å². The van der Waals surface area contributed by atoms with Gasteiger partial charge in [0.1, 0.15) is 5.75 Å². The Balaban J connectivity index is 1.85. The van der Waals surface area contributed by atoms with Crippen LogP contribution in [-0.2, 0) is 19.8 Å². The first-order valence-electron chi connectivity index (χ1n) is 11.3. The molecule has 1 heterocycles. The SMILES string of the molecule is CC(=O)C(C(=O)CCCOc1ccc(C(C)(C)CC(C)(C)C)cc1)C(=O)Oc1ccccn1. The number of hydrogen-bond acceptors (Lipinski definition) is 6. The number of benzene rings is 1. The van der Waals surface area contributed by atoms with E-state index in [2.05, 4.69) is 51.7 Å². The maximum Gasteiger partial charge on any atom is 0.330 e. The number of aromatic nitrogens is 1. The van der Waals surface area contributed by atoms with Crippen molar-refractivity contribution in [3.05, 3.63) is 54.2 Å². The largest absolute Gasteiger partial charge is 0.494 e. The van der Waals surface area contributed by atoms with Crippen molar-refractivity contribution in [1.29, 1.82) is 0 Å². The number of nitrogens with zero attached hydrogens (tertiary/aromatic N) is 1. The lowest BCUT2D eigenvalue weighted by Gasteiger charge is -2.33. The molecule has 0 aliphatic rings. The minimum Gasteiger partial charge on any atom is -0.494 e. The fraction of sp³-hybridized carbons (Fsp3) is 0.481. The van der Waals surface area contributed by atoms with E-state index in [0.717, 1.165) is 12.2 Å². The number of carbonyl (C=O) groups is 3. The van der Waals surface area contributed by atoms with Gasteiger partial charge < -0.3 is 9.47 Å². The first-order chi connectivity index (χ1) is 15.4. The molecule has 2 aromatic rings. The molecule has 1 atom stereocenters. The number of rotatable bonds is 11. The average molecular weight is 454 g/mol. The van der Waals surface area contributed by atoms with Gasteiger partial charge in [-0.15, -0.1) is 0 Å². The van der Waals surface area contributed by atoms with Gasteiger partial charge in [0.05, 0.1) is 6.61 Å². The molecular weight excluding hydrogens is 418 g/mol. The Bertz CT molecular complexity index is 943. The van der Waals surface area contributed by atoms with Gasteiger partial charge in [0, 0.05) is 18.7 Å². The summed E-state index contributed by atoms with van der Waals surface area (Å²) in [4.78, 5) is 40.6. The zero-order chi connectivity index (χ0) is 24.6. The van der Waals surface area contributed by atoms with E-state index in [1.165, 1.54) is 24.8 Å². The maximum atomic E-state index is 12.5. The number of Topliss-reactive ketones (excluding diaryl/α,β-unsaturated/α-hetero) is 2. The third kappa shape index (κ3) is 8.44. The Kier molecular flexibility index (Phi) is 8.91. The molecule has 6 heteroatoms. The third-order valence-electron chi connectivity index (χ3n) is 5.25. The predicted octanol–water partition coefficient (Wildman–Crippen LogP) is 5.33. The predicted molar refractivity (Wildman–Crippen MR) is 127 cm³/mol. The molecule has 0 aliphatic carbocycles. The van der Waals surface area contributed by atoms with Crippen molar-refractivity contribution >= 4 is 17.5 Å². The van der Waals surface area contributed by atoms with Gasteiger partial charge >= 0.3 is 5.97 Å².